The third kappa shape index (κ3) is 5.26. The first-order valence-electron chi connectivity index (χ1n) is 11.1. The third-order valence-corrected chi connectivity index (χ3v) is 7.13. The minimum atomic E-state index is -0.919. The van der Waals surface area contributed by atoms with Crippen LogP contribution in [0.3, 0.4) is 0 Å². The summed E-state index contributed by atoms with van der Waals surface area (Å²) in [6.45, 7) is 7.87. The summed E-state index contributed by atoms with van der Waals surface area (Å²) in [5.41, 5.74) is 5.50. The van der Waals surface area contributed by atoms with Crippen molar-refractivity contribution in [1.29, 1.82) is 0 Å². The van der Waals surface area contributed by atoms with Crippen LogP contribution < -0.4 is 10.2 Å². The number of hydrogen-bond acceptors (Lipinski definition) is 5. The van der Waals surface area contributed by atoms with Crippen molar-refractivity contribution in [2.45, 2.75) is 19.9 Å². The van der Waals surface area contributed by atoms with Gasteiger partial charge in [0.15, 0.2) is 0 Å². The van der Waals surface area contributed by atoms with Gasteiger partial charge in [0.05, 0.1) is 6.04 Å². The second-order valence-corrected chi connectivity index (χ2v) is 9.53. The van der Waals surface area contributed by atoms with Crippen molar-refractivity contribution in [1.82, 2.24) is 10.2 Å². The molecule has 0 bridgehead atoms. The zero-order valence-electron chi connectivity index (χ0n) is 19.2. The van der Waals surface area contributed by atoms with Crippen molar-refractivity contribution < 1.29 is 14.7 Å². The first-order chi connectivity index (χ1) is 15.8. The molecule has 2 N–H and O–H groups in total. The van der Waals surface area contributed by atoms with Gasteiger partial charge in [-0.3, -0.25) is 4.79 Å². The Labute approximate surface area is 198 Å². The highest BCUT2D eigenvalue weighted by molar-refractivity contribution is 7.12. The number of aromatic carboxylic acids is 1. The van der Waals surface area contributed by atoms with E-state index in [1.165, 1.54) is 11.3 Å². The van der Waals surface area contributed by atoms with Gasteiger partial charge < -0.3 is 20.2 Å². The molecular formula is C26H29N3O3S. The van der Waals surface area contributed by atoms with Crippen molar-refractivity contribution in [2.75, 3.05) is 38.1 Å². The summed E-state index contributed by atoms with van der Waals surface area (Å²) < 4.78 is 0. The van der Waals surface area contributed by atoms with Crippen molar-refractivity contribution in [3.63, 3.8) is 0 Å². The minimum Gasteiger partial charge on any atom is -0.477 e. The molecule has 0 aliphatic carbocycles. The SMILES string of the molecule is Cc1ccc(N2CCN(C)CC2)cc1C(=O)N[C@H](C)c1cccc(-c2csc(C(=O)O)c2)c1. The molecule has 172 valence electrons. The number of aryl methyl sites for hydroxylation is 1. The Morgan fingerprint density at radius 1 is 1.03 bits per heavy atom. The molecule has 1 aliphatic rings. The van der Waals surface area contributed by atoms with E-state index in [4.69, 9.17) is 0 Å². The maximum atomic E-state index is 13.2. The van der Waals surface area contributed by atoms with Crippen LogP contribution in [0.5, 0.6) is 0 Å². The van der Waals surface area contributed by atoms with Gasteiger partial charge in [-0.25, -0.2) is 4.79 Å². The normalized spacial score (nSPS) is 15.3. The van der Waals surface area contributed by atoms with Crippen molar-refractivity contribution in [3.8, 4) is 11.1 Å². The maximum absolute atomic E-state index is 13.2. The molecular weight excluding hydrogens is 434 g/mol. The average Bonchev–Trinajstić information content (AvgIpc) is 3.31. The molecule has 0 radical (unpaired) electrons. The number of carbonyl (C=O) groups excluding carboxylic acids is 1. The molecule has 2 aromatic carbocycles. The lowest BCUT2D eigenvalue weighted by Gasteiger charge is -2.34. The number of benzene rings is 2. The van der Waals surface area contributed by atoms with Gasteiger partial charge in [-0.2, -0.15) is 0 Å². The topological polar surface area (TPSA) is 72.9 Å². The summed E-state index contributed by atoms with van der Waals surface area (Å²) in [6.07, 6.45) is 0. The molecule has 33 heavy (non-hydrogen) atoms. The Balaban J connectivity index is 1.49. The molecule has 6 nitrogen and oxygen atoms in total. The molecule has 0 unspecified atom stereocenters. The number of carboxylic acids is 1. The Kier molecular flexibility index (Phi) is 6.81. The van der Waals surface area contributed by atoms with Gasteiger partial charge in [-0.15, -0.1) is 11.3 Å². The lowest BCUT2D eigenvalue weighted by Crippen LogP contribution is -2.44. The molecule has 2 heterocycles. The van der Waals surface area contributed by atoms with Crippen molar-refractivity contribution in [3.05, 3.63) is 75.5 Å². The number of nitrogens with zero attached hydrogens (tertiary/aromatic N) is 2. The largest absolute Gasteiger partial charge is 0.477 e. The second-order valence-electron chi connectivity index (χ2n) is 8.61. The van der Waals surface area contributed by atoms with Gasteiger partial charge in [0.2, 0.25) is 0 Å². The van der Waals surface area contributed by atoms with Crippen molar-refractivity contribution in [2.24, 2.45) is 0 Å². The van der Waals surface area contributed by atoms with Gasteiger partial charge in [-0.1, -0.05) is 24.3 Å². The fourth-order valence-corrected chi connectivity index (χ4v) is 4.81. The van der Waals surface area contributed by atoms with Gasteiger partial charge in [0, 0.05) is 37.4 Å². The van der Waals surface area contributed by atoms with E-state index in [0.717, 1.165) is 54.1 Å². The van der Waals surface area contributed by atoms with E-state index >= 15 is 0 Å². The predicted octanol–water partition coefficient (Wildman–Crippen LogP) is 4.66. The summed E-state index contributed by atoms with van der Waals surface area (Å²) >= 11 is 1.21. The average molecular weight is 464 g/mol. The summed E-state index contributed by atoms with van der Waals surface area (Å²) in [4.78, 5) is 29.3. The highest BCUT2D eigenvalue weighted by Gasteiger charge is 2.19. The Morgan fingerprint density at radius 3 is 2.48 bits per heavy atom. The van der Waals surface area contributed by atoms with Gasteiger partial charge >= 0.3 is 5.97 Å². The number of anilines is 1. The number of thiophene rings is 1. The zero-order valence-corrected chi connectivity index (χ0v) is 20.0. The minimum absolute atomic E-state index is 0.0925. The molecule has 0 spiro atoms. The first kappa shape index (κ1) is 23.0. The lowest BCUT2D eigenvalue weighted by atomic mass is 10.0. The van der Waals surface area contributed by atoms with Crippen LogP contribution in [0.25, 0.3) is 11.1 Å². The van der Waals surface area contributed by atoms with Crippen LogP contribution in [0.2, 0.25) is 0 Å². The molecule has 0 saturated carbocycles. The smallest absolute Gasteiger partial charge is 0.345 e. The summed E-state index contributed by atoms with van der Waals surface area (Å²) in [7, 11) is 2.13. The van der Waals surface area contributed by atoms with E-state index in [9.17, 15) is 14.7 Å². The fourth-order valence-electron chi connectivity index (χ4n) is 4.06. The molecule has 4 rings (SSSR count). The second kappa shape index (κ2) is 9.77. The molecule has 7 heteroatoms. The maximum Gasteiger partial charge on any atom is 0.345 e. The quantitative estimate of drug-likeness (QED) is 0.556. The highest BCUT2D eigenvalue weighted by atomic mass is 32.1. The van der Waals surface area contributed by atoms with Crippen LogP contribution in [0.4, 0.5) is 5.69 Å². The fraction of sp³-hybridized carbons (Fsp3) is 0.308. The number of nitrogens with one attached hydrogen (secondary N) is 1. The van der Waals surface area contributed by atoms with E-state index in [-0.39, 0.29) is 11.9 Å². The number of carbonyl (C=O) groups is 2. The van der Waals surface area contributed by atoms with Crippen LogP contribution in [0.1, 0.15) is 44.1 Å². The summed E-state index contributed by atoms with van der Waals surface area (Å²) in [5.74, 6) is -1.01. The molecule has 1 atom stereocenters. The summed E-state index contributed by atoms with van der Waals surface area (Å²) in [6, 6.07) is 15.5. The summed E-state index contributed by atoms with van der Waals surface area (Å²) in [5, 5.41) is 14.2. The number of likely N-dealkylation sites (N-methyl/N-ethyl adjacent to an activating group) is 1. The number of hydrogen-bond donors (Lipinski definition) is 2. The number of carboxylic acid groups (broad SMARTS) is 1. The number of rotatable bonds is 6. The number of piperazine rings is 1. The monoisotopic (exact) mass is 463 g/mol. The van der Waals surface area contributed by atoms with E-state index in [1.54, 1.807) is 6.07 Å². The van der Waals surface area contributed by atoms with Gasteiger partial charge in [0.25, 0.3) is 5.91 Å². The third-order valence-electron chi connectivity index (χ3n) is 6.21. The van der Waals surface area contributed by atoms with Crippen LogP contribution in [0.15, 0.2) is 53.9 Å². The molecule has 3 aromatic rings. The standard InChI is InChI=1S/C26H29N3O3S/c1-17-7-8-22(29-11-9-28(3)10-12-29)15-23(17)25(30)27-18(2)19-5-4-6-20(13-19)21-14-24(26(31)32)33-16-21/h4-8,13-16,18H,9-12H2,1-3H3,(H,27,30)(H,31,32)/t18-/m1/s1. The Bertz CT molecular complexity index is 1170. The van der Waals surface area contributed by atoms with E-state index in [0.29, 0.717) is 10.4 Å². The lowest BCUT2D eigenvalue weighted by molar-refractivity contribution is 0.0702. The van der Waals surface area contributed by atoms with E-state index < -0.39 is 5.97 Å². The van der Waals surface area contributed by atoms with Crippen molar-refractivity contribution >= 4 is 28.9 Å². The van der Waals surface area contributed by atoms with E-state index in [2.05, 4.69) is 28.2 Å². The molecule has 1 aliphatic heterocycles. The van der Waals surface area contributed by atoms with Crippen LogP contribution in [-0.2, 0) is 0 Å². The number of amides is 1. The first-order valence-corrected chi connectivity index (χ1v) is 12.0. The molecule has 1 amide bonds. The van der Waals surface area contributed by atoms with Crippen LogP contribution in [0, 0.1) is 6.92 Å². The Hall–Kier alpha value is -3.16. The zero-order chi connectivity index (χ0) is 23.5. The molecule has 1 aromatic heterocycles. The van der Waals surface area contributed by atoms with Crippen LogP contribution in [-0.4, -0.2) is 55.1 Å². The highest BCUT2D eigenvalue weighted by Crippen LogP contribution is 2.28. The molecule has 1 saturated heterocycles. The van der Waals surface area contributed by atoms with Gasteiger partial charge in [-0.05, 0) is 72.8 Å². The molecule has 1 fully saturated rings. The van der Waals surface area contributed by atoms with Gasteiger partial charge in [0.1, 0.15) is 4.88 Å². The van der Waals surface area contributed by atoms with Crippen LogP contribution >= 0.6 is 11.3 Å². The Morgan fingerprint density at radius 2 is 1.79 bits per heavy atom. The predicted molar refractivity (Wildman–Crippen MR) is 133 cm³/mol. The van der Waals surface area contributed by atoms with E-state index in [1.807, 2.05) is 55.6 Å².